The van der Waals surface area contributed by atoms with Crippen molar-refractivity contribution >= 4 is 5.91 Å². The van der Waals surface area contributed by atoms with Crippen LogP contribution in [0.25, 0.3) is 0 Å². The standard InChI is InChI=1S/C58H95NO8/c1-3-5-7-9-11-13-15-16-17-18-19-20-21-22-23-24-25-26-27-28-29-30-31-32-33-34-35-36-38-40-42-44-46-48-54(62)59-51(50-66-58-57(65)56(64)55(63)53(49-60)67-58)52(61)47-45-43-41-39-37-14-12-10-8-6-4-2/h5,7-8,10-11,13,16-17,19-20,22-23,25-26,28-29,37,39,45,47,51-53,55-58,60-61,63-65H,3-4,6,9,12,14-15,18,21,24,27,30-36,38,40-44,46,48-50H2,1-2H3,(H,59,62)/b7-5-,10-8+,13-11-,17-16-,20-19-,23-22-,26-25-,29-28-,39-37+,47-45+. The molecule has 0 aromatic carbocycles. The zero-order valence-electron chi connectivity index (χ0n) is 41.8. The molecule has 6 N–H and O–H groups in total. The average Bonchev–Trinajstić information content (AvgIpc) is 3.33. The fourth-order valence-electron chi connectivity index (χ4n) is 7.35. The third kappa shape index (κ3) is 36.3. The molecule has 0 aromatic heterocycles. The molecule has 1 amide bonds. The Labute approximate surface area is 408 Å². The minimum atomic E-state index is -1.58. The van der Waals surface area contributed by atoms with Crippen LogP contribution in [0.15, 0.2) is 122 Å². The smallest absolute Gasteiger partial charge is 0.220 e. The molecule has 0 aliphatic carbocycles. The van der Waals surface area contributed by atoms with Crippen molar-refractivity contribution in [2.45, 2.75) is 224 Å². The van der Waals surface area contributed by atoms with Gasteiger partial charge in [0, 0.05) is 6.42 Å². The lowest BCUT2D eigenvalue weighted by atomic mass is 9.99. The highest BCUT2D eigenvalue weighted by atomic mass is 16.7. The number of carbonyl (C=O) groups is 1. The van der Waals surface area contributed by atoms with Crippen LogP contribution in [0.4, 0.5) is 0 Å². The largest absolute Gasteiger partial charge is 0.394 e. The van der Waals surface area contributed by atoms with Gasteiger partial charge in [0.25, 0.3) is 0 Å². The molecule has 0 aromatic rings. The van der Waals surface area contributed by atoms with Crippen molar-refractivity contribution in [1.82, 2.24) is 5.32 Å². The topological polar surface area (TPSA) is 149 Å². The second-order valence-electron chi connectivity index (χ2n) is 17.6. The van der Waals surface area contributed by atoms with Crippen molar-refractivity contribution in [1.29, 1.82) is 0 Å². The van der Waals surface area contributed by atoms with Gasteiger partial charge in [0.1, 0.15) is 24.4 Å². The summed E-state index contributed by atoms with van der Waals surface area (Å²) in [6.45, 7) is 3.54. The van der Waals surface area contributed by atoms with E-state index in [-0.39, 0.29) is 12.5 Å². The molecule has 1 fully saturated rings. The molecule has 1 heterocycles. The van der Waals surface area contributed by atoms with Crippen molar-refractivity contribution in [3.05, 3.63) is 122 Å². The average molecular weight is 934 g/mol. The van der Waals surface area contributed by atoms with Crippen LogP contribution in [0.5, 0.6) is 0 Å². The summed E-state index contributed by atoms with van der Waals surface area (Å²) in [6.07, 6.45) is 62.7. The highest BCUT2D eigenvalue weighted by Gasteiger charge is 2.44. The van der Waals surface area contributed by atoms with Gasteiger partial charge in [0.15, 0.2) is 6.29 Å². The number of aliphatic hydroxyl groups excluding tert-OH is 5. The van der Waals surface area contributed by atoms with E-state index in [1.165, 1.54) is 44.9 Å². The molecule has 380 valence electrons. The molecule has 7 atom stereocenters. The van der Waals surface area contributed by atoms with Crippen molar-refractivity contribution in [2.24, 2.45) is 0 Å². The predicted molar refractivity (Wildman–Crippen MR) is 280 cm³/mol. The van der Waals surface area contributed by atoms with Crippen molar-refractivity contribution in [2.75, 3.05) is 13.2 Å². The first-order chi connectivity index (χ1) is 32.8. The van der Waals surface area contributed by atoms with E-state index in [1.807, 2.05) is 6.08 Å². The summed E-state index contributed by atoms with van der Waals surface area (Å²) in [4.78, 5) is 13.0. The highest BCUT2D eigenvalue weighted by molar-refractivity contribution is 5.76. The van der Waals surface area contributed by atoms with E-state index in [4.69, 9.17) is 9.47 Å². The summed E-state index contributed by atoms with van der Waals surface area (Å²) < 4.78 is 11.2. The number of carbonyl (C=O) groups excluding carboxylic acids is 1. The third-order valence-electron chi connectivity index (χ3n) is 11.5. The lowest BCUT2D eigenvalue weighted by Gasteiger charge is -2.40. The molecule has 0 spiro atoms. The molecule has 0 saturated carbocycles. The molecule has 1 aliphatic rings. The summed E-state index contributed by atoms with van der Waals surface area (Å²) in [5.74, 6) is -0.203. The number of hydrogen-bond donors (Lipinski definition) is 6. The van der Waals surface area contributed by atoms with Crippen LogP contribution in [0.1, 0.15) is 181 Å². The number of ether oxygens (including phenoxy) is 2. The molecule has 9 heteroatoms. The highest BCUT2D eigenvalue weighted by Crippen LogP contribution is 2.22. The molecule has 1 saturated heterocycles. The Balaban J connectivity index is 2.19. The van der Waals surface area contributed by atoms with Crippen molar-refractivity contribution in [3.63, 3.8) is 0 Å². The van der Waals surface area contributed by atoms with E-state index in [0.717, 1.165) is 116 Å². The Bertz CT molecular complexity index is 1460. The summed E-state index contributed by atoms with van der Waals surface area (Å²) >= 11 is 0. The van der Waals surface area contributed by atoms with Crippen molar-refractivity contribution in [3.8, 4) is 0 Å². The minimum Gasteiger partial charge on any atom is -0.394 e. The molecule has 67 heavy (non-hydrogen) atoms. The Morgan fingerprint density at radius 3 is 1.42 bits per heavy atom. The van der Waals surface area contributed by atoms with Gasteiger partial charge >= 0.3 is 0 Å². The summed E-state index contributed by atoms with van der Waals surface area (Å²) in [7, 11) is 0. The van der Waals surface area contributed by atoms with Crippen LogP contribution in [0, 0.1) is 0 Å². The number of aliphatic hydroxyl groups is 5. The summed E-state index contributed by atoms with van der Waals surface area (Å²) in [5, 5.41) is 54.2. The lowest BCUT2D eigenvalue weighted by molar-refractivity contribution is -0.302. The van der Waals surface area contributed by atoms with Crippen LogP contribution in [-0.4, -0.2) is 87.5 Å². The second-order valence-corrected chi connectivity index (χ2v) is 17.6. The monoisotopic (exact) mass is 934 g/mol. The fraction of sp³-hybridized carbons (Fsp3) is 0.638. The van der Waals surface area contributed by atoms with E-state index < -0.39 is 49.5 Å². The van der Waals surface area contributed by atoms with Gasteiger partial charge in [-0.15, -0.1) is 0 Å². The molecular weight excluding hydrogens is 839 g/mol. The van der Waals surface area contributed by atoms with Gasteiger partial charge < -0.3 is 40.3 Å². The van der Waals surface area contributed by atoms with Gasteiger partial charge in [0.2, 0.25) is 5.91 Å². The van der Waals surface area contributed by atoms with E-state index in [2.05, 4.69) is 129 Å². The van der Waals surface area contributed by atoms with Crippen LogP contribution in [0.2, 0.25) is 0 Å². The Morgan fingerprint density at radius 1 is 0.522 bits per heavy atom. The number of hydrogen-bond acceptors (Lipinski definition) is 8. The van der Waals surface area contributed by atoms with Gasteiger partial charge in [-0.05, 0) is 96.3 Å². The normalized spacial score (nSPS) is 20.7. The number of nitrogens with one attached hydrogen (secondary N) is 1. The van der Waals surface area contributed by atoms with Gasteiger partial charge in [-0.3, -0.25) is 4.79 Å². The first kappa shape index (κ1) is 61.6. The minimum absolute atomic E-state index is 0.203. The molecule has 1 aliphatic heterocycles. The molecule has 1 rings (SSSR count). The summed E-state index contributed by atoms with van der Waals surface area (Å²) in [6, 6.07) is -0.836. The number of unbranched alkanes of at least 4 members (excludes halogenated alkanes) is 14. The summed E-state index contributed by atoms with van der Waals surface area (Å²) in [5.41, 5.74) is 0. The van der Waals surface area contributed by atoms with Gasteiger partial charge in [-0.25, -0.2) is 0 Å². The first-order valence-corrected chi connectivity index (χ1v) is 26.3. The quantitative estimate of drug-likeness (QED) is 0.0262. The van der Waals surface area contributed by atoms with Crippen molar-refractivity contribution < 1.29 is 39.8 Å². The van der Waals surface area contributed by atoms with E-state index >= 15 is 0 Å². The van der Waals surface area contributed by atoms with Crippen LogP contribution >= 0.6 is 0 Å². The molecule has 9 nitrogen and oxygen atoms in total. The second kappa shape index (κ2) is 46.3. The molecule has 7 unspecified atom stereocenters. The van der Waals surface area contributed by atoms with E-state index in [9.17, 15) is 30.3 Å². The number of amides is 1. The Morgan fingerprint density at radius 2 is 0.940 bits per heavy atom. The van der Waals surface area contributed by atoms with E-state index in [0.29, 0.717) is 6.42 Å². The lowest BCUT2D eigenvalue weighted by Crippen LogP contribution is -2.60. The van der Waals surface area contributed by atoms with Gasteiger partial charge in [0.05, 0.1) is 25.4 Å². The Hall–Kier alpha value is -3.41. The maximum atomic E-state index is 13.0. The third-order valence-corrected chi connectivity index (χ3v) is 11.5. The number of rotatable bonds is 42. The van der Waals surface area contributed by atoms with Gasteiger partial charge in [-0.2, -0.15) is 0 Å². The fourth-order valence-corrected chi connectivity index (χ4v) is 7.35. The maximum absolute atomic E-state index is 13.0. The molecular formula is C58H95NO8. The number of allylic oxidation sites excluding steroid dienone is 19. The van der Waals surface area contributed by atoms with Crippen LogP contribution in [0.3, 0.4) is 0 Å². The molecule has 0 bridgehead atoms. The maximum Gasteiger partial charge on any atom is 0.220 e. The zero-order chi connectivity index (χ0) is 48.7. The van der Waals surface area contributed by atoms with Gasteiger partial charge in [-0.1, -0.05) is 200 Å². The van der Waals surface area contributed by atoms with Crippen LogP contribution in [-0.2, 0) is 14.3 Å². The molecule has 0 radical (unpaired) electrons. The Kier molecular flexibility index (Phi) is 42.6. The predicted octanol–water partition coefficient (Wildman–Crippen LogP) is 12.4. The first-order valence-electron chi connectivity index (χ1n) is 26.3. The SMILES string of the molecule is CC/C=C\C/C=C\C/C=C\C/C=C\C/C=C\C/C=C\C/C=C\CCCCCCCCCCCCCC(=O)NC(COC1OC(CO)C(O)C(O)C1O)C(O)/C=C/CC/C=C/CC/C=C/CCC. The van der Waals surface area contributed by atoms with E-state index in [1.54, 1.807) is 6.08 Å². The zero-order valence-corrected chi connectivity index (χ0v) is 41.8. The van der Waals surface area contributed by atoms with Crippen LogP contribution < -0.4 is 5.32 Å².